The van der Waals surface area contributed by atoms with E-state index in [9.17, 15) is 4.79 Å². The molecule has 0 atom stereocenters. The minimum Gasteiger partial charge on any atom is -0.367 e. The highest BCUT2D eigenvalue weighted by atomic mass is 16.7. The Morgan fingerprint density at radius 2 is 1.70 bits per heavy atom. The third-order valence-electron chi connectivity index (χ3n) is 2.74. The van der Waals surface area contributed by atoms with Gasteiger partial charge in [-0.25, -0.2) is 4.79 Å². The summed E-state index contributed by atoms with van der Waals surface area (Å²) in [4.78, 5) is 16.6. The van der Waals surface area contributed by atoms with Gasteiger partial charge >= 0.3 is 5.97 Å². The number of oxime groups is 1. The van der Waals surface area contributed by atoms with Crippen molar-refractivity contribution in [1.29, 1.82) is 0 Å². The number of guanidine groups is 1. The highest BCUT2D eigenvalue weighted by Gasteiger charge is 2.13. The Morgan fingerprint density at radius 3 is 2.35 bits per heavy atom. The molecular formula is C15H15N3O2. The van der Waals surface area contributed by atoms with E-state index < -0.39 is 5.97 Å². The van der Waals surface area contributed by atoms with Gasteiger partial charge < -0.3 is 16.3 Å². The van der Waals surface area contributed by atoms with Gasteiger partial charge in [0, 0.05) is 0 Å². The molecule has 5 heteroatoms. The Balaban J connectivity index is 2.38. The lowest BCUT2D eigenvalue weighted by Gasteiger charge is -2.07. The van der Waals surface area contributed by atoms with Gasteiger partial charge in [0.25, 0.3) is 0 Å². The smallest absolute Gasteiger partial charge is 0.366 e. The van der Waals surface area contributed by atoms with Gasteiger partial charge in [0.05, 0.1) is 5.56 Å². The summed E-state index contributed by atoms with van der Waals surface area (Å²) in [6, 6.07) is 15.0. The van der Waals surface area contributed by atoms with Crippen LogP contribution in [0.1, 0.15) is 15.9 Å². The number of carbonyl (C=O) groups is 1. The average Bonchev–Trinajstić information content (AvgIpc) is 2.45. The van der Waals surface area contributed by atoms with E-state index in [-0.39, 0.29) is 5.96 Å². The Bertz CT molecular complexity index is 644. The maximum Gasteiger partial charge on any atom is 0.366 e. The van der Waals surface area contributed by atoms with Gasteiger partial charge in [0.1, 0.15) is 0 Å². The number of aryl methyl sites for hydroxylation is 1. The van der Waals surface area contributed by atoms with Crippen LogP contribution in [0.3, 0.4) is 0 Å². The summed E-state index contributed by atoms with van der Waals surface area (Å²) in [7, 11) is 0. The summed E-state index contributed by atoms with van der Waals surface area (Å²) in [5, 5.41) is 3.27. The maximum atomic E-state index is 12.0. The largest absolute Gasteiger partial charge is 0.367 e. The minimum absolute atomic E-state index is 0.300. The van der Waals surface area contributed by atoms with Crippen molar-refractivity contribution < 1.29 is 9.63 Å². The number of benzene rings is 2. The van der Waals surface area contributed by atoms with Crippen molar-refractivity contribution in [3.8, 4) is 11.1 Å². The Morgan fingerprint density at radius 1 is 1.05 bits per heavy atom. The fourth-order valence-corrected chi connectivity index (χ4v) is 1.79. The standard InChI is InChI=1S/C15H15N3O2/c1-10-6-8-11(9-7-10)12-4-2-3-5-13(12)14(19)20-18-15(16)17/h2-9H,1H3,(H4,16,17,18). The molecule has 0 aliphatic rings. The first-order valence-electron chi connectivity index (χ1n) is 6.04. The molecule has 20 heavy (non-hydrogen) atoms. The van der Waals surface area contributed by atoms with Crippen molar-refractivity contribution in [3.63, 3.8) is 0 Å². The molecule has 2 rings (SSSR count). The Kier molecular flexibility index (Phi) is 4.00. The number of hydrogen-bond donors (Lipinski definition) is 2. The first kappa shape index (κ1) is 13.6. The Labute approximate surface area is 116 Å². The molecule has 0 unspecified atom stereocenters. The Hall–Kier alpha value is -2.82. The molecule has 0 aliphatic carbocycles. The summed E-state index contributed by atoms with van der Waals surface area (Å²) in [6.45, 7) is 2.00. The summed E-state index contributed by atoms with van der Waals surface area (Å²) >= 11 is 0. The van der Waals surface area contributed by atoms with Gasteiger partial charge in [-0.2, -0.15) is 0 Å². The molecule has 0 aromatic heterocycles. The zero-order valence-electron chi connectivity index (χ0n) is 11.0. The van der Waals surface area contributed by atoms with Gasteiger partial charge in [-0.1, -0.05) is 48.0 Å². The van der Waals surface area contributed by atoms with Crippen LogP contribution in [0.5, 0.6) is 0 Å². The van der Waals surface area contributed by atoms with Crippen LogP contribution in [0.4, 0.5) is 0 Å². The highest BCUT2D eigenvalue weighted by molar-refractivity contribution is 5.97. The summed E-state index contributed by atoms with van der Waals surface area (Å²) in [6.07, 6.45) is 0. The van der Waals surface area contributed by atoms with E-state index in [1.54, 1.807) is 12.1 Å². The molecule has 0 aliphatic heterocycles. The fourth-order valence-electron chi connectivity index (χ4n) is 1.79. The van der Waals surface area contributed by atoms with E-state index in [0.717, 1.165) is 16.7 Å². The third-order valence-corrected chi connectivity index (χ3v) is 2.74. The van der Waals surface area contributed by atoms with E-state index in [4.69, 9.17) is 11.5 Å². The van der Waals surface area contributed by atoms with Crippen molar-refractivity contribution in [3.05, 3.63) is 59.7 Å². The van der Waals surface area contributed by atoms with E-state index in [0.29, 0.717) is 5.56 Å². The molecule has 5 nitrogen and oxygen atoms in total. The molecule has 0 bridgehead atoms. The third kappa shape index (κ3) is 3.14. The zero-order valence-corrected chi connectivity index (χ0v) is 11.0. The van der Waals surface area contributed by atoms with Crippen LogP contribution in [0, 0.1) is 6.92 Å². The van der Waals surface area contributed by atoms with Crippen LogP contribution in [-0.4, -0.2) is 11.9 Å². The van der Waals surface area contributed by atoms with Gasteiger partial charge in [0.15, 0.2) is 0 Å². The molecule has 2 aromatic rings. The predicted octanol–water partition coefficient (Wildman–Crippen LogP) is 2.01. The lowest BCUT2D eigenvalue weighted by atomic mass is 9.99. The SMILES string of the molecule is Cc1ccc(-c2ccccc2C(=O)ON=C(N)N)cc1. The maximum absolute atomic E-state index is 12.0. The van der Waals surface area contributed by atoms with Crippen LogP contribution >= 0.6 is 0 Å². The minimum atomic E-state index is -0.602. The van der Waals surface area contributed by atoms with E-state index in [2.05, 4.69) is 9.99 Å². The first-order valence-corrected chi connectivity index (χ1v) is 6.04. The van der Waals surface area contributed by atoms with Crippen molar-refractivity contribution in [1.82, 2.24) is 0 Å². The normalized spacial score (nSPS) is 9.85. The molecule has 0 saturated carbocycles. The predicted molar refractivity (Wildman–Crippen MR) is 77.8 cm³/mol. The monoisotopic (exact) mass is 269 g/mol. The second kappa shape index (κ2) is 5.88. The van der Waals surface area contributed by atoms with Crippen molar-refractivity contribution in [2.45, 2.75) is 6.92 Å². The lowest BCUT2D eigenvalue weighted by Crippen LogP contribution is -2.23. The lowest BCUT2D eigenvalue weighted by molar-refractivity contribution is 0.0516. The molecular weight excluding hydrogens is 254 g/mol. The molecule has 102 valence electrons. The number of rotatable bonds is 3. The fraction of sp³-hybridized carbons (Fsp3) is 0.0667. The molecule has 0 saturated heterocycles. The number of nitrogens with zero attached hydrogens (tertiary/aromatic N) is 1. The van der Waals surface area contributed by atoms with Crippen LogP contribution in [-0.2, 0) is 4.84 Å². The summed E-state index contributed by atoms with van der Waals surface area (Å²) in [5.74, 6) is -0.902. The topological polar surface area (TPSA) is 90.7 Å². The van der Waals surface area contributed by atoms with Crippen molar-refractivity contribution in [2.75, 3.05) is 0 Å². The second-order valence-electron chi connectivity index (χ2n) is 4.31. The molecule has 0 amide bonds. The number of hydrogen-bond acceptors (Lipinski definition) is 3. The molecule has 0 heterocycles. The van der Waals surface area contributed by atoms with Gasteiger partial charge in [0.2, 0.25) is 5.96 Å². The quantitative estimate of drug-likeness (QED) is 0.386. The van der Waals surface area contributed by atoms with Crippen molar-refractivity contribution >= 4 is 11.9 Å². The highest BCUT2D eigenvalue weighted by Crippen LogP contribution is 2.24. The van der Waals surface area contributed by atoms with E-state index >= 15 is 0 Å². The van der Waals surface area contributed by atoms with Crippen LogP contribution in [0.2, 0.25) is 0 Å². The van der Waals surface area contributed by atoms with Gasteiger partial charge in [-0.05, 0) is 29.3 Å². The van der Waals surface area contributed by atoms with E-state index in [1.165, 1.54) is 0 Å². The summed E-state index contributed by atoms with van der Waals surface area (Å²) < 4.78 is 0. The molecule has 0 fully saturated rings. The van der Waals surface area contributed by atoms with Gasteiger partial charge in [-0.15, -0.1) is 0 Å². The first-order chi connectivity index (χ1) is 9.58. The molecule has 4 N–H and O–H groups in total. The second-order valence-corrected chi connectivity index (χ2v) is 4.31. The average molecular weight is 269 g/mol. The molecule has 2 aromatic carbocycles. The van der Waals surface area contributed by atoms with Gasteiger partial charge in [-0.3, -0.25) is 0 Å². The van der Waals surface area contributed by atoms with Crippen LogP contribution in [0.25, 0.3) is 11.1 Å². The van der Waals surface area contributed by atoms with E-state index in [1.807, 2.05) is 43.3 Å². The van der Waals surface area contributed by atoms with Crippen molar-refractivity contribution in [2.24, 2.45) is 16.6 Å². The molecule has 0 spiro atoms. The molecule has 0 radical (unpaired) electrons. The number of nitrogens with two attached hydrogens (primary N) is 2. The zero-order chi connectivity index (χ0) is 14.5. The number of carbonyl (C=O) groups excluding carboxylic acids is 1. The van der Waals surface area contributed by atoms with Crippen LogP contribution < -0.4 is 11.5 Å². The summed E-state index contributed by atoms with van der Waals surface area (Å²) in [5.41, 5.74) is 13.5. The van der Waals surface area contributed by atoms with Crippen LogP contribution in [0.15, 0.2) is 53.7 Å².